The van der Waals surface area contributed by atoms with E-state index in [0.29, 0.717) is 11.3 Å². The Kier molecular flexibility index (Phi) is 2.33. The number of rotatable bonds is 1. The molecule has 1 saturated carbocycles. The van der Waals surface area contributed by atoms with E-state index in [2.05, 4.69) is 16.5 Å². The molecule has 2 rings (SSSR count). The van der Waals surface area contributed by atoms with Crippen molar-refractivity contribution in [1.82, 2.24) is 9.55 Å². The molecule has 0 aromatic carbocycles. The molecule has 0 saturated heterocycles. The van der Waals surface area contributed by atoms with E-state index in [4.69, 9.17) is 11.6 Å². The Morgan fingerprint density at radius 3 is 2.38 bits per heavy atom. The van der Waals surface area contributed by atoms with Gasteiger partial charge in [-0.3, -0.25) is 0 Å². The van der Waals surface area contributed by atoms with Gasteiger partial charge in [-0.2, -0.15) is 0 Å². The molecule has 0 aliphatic heterocycles. The van der Waals surface area contributed by atoms with E-state index in [9.17, 15) is 0 Å². The van der Waals surface area contributed by atoms with E-state index in [1.54, 1.807) is 0 Å². The predicted molar refractivity (Wildman–Crippen MR) is 54.2 cm³/mol. The first-order chi connectivity index (χ1) is 6.20. The molecule has 1 aliphatic rings. The molecule has 1 aromatic heterocycles. The zero-order chi connectivity index (χ0) is 9.42. The van der Waals surface area contributed by atoms with Crippen LogP contribution in [-0.4, -0.2) is 9.55 Å². The molecule has 3 heteroatoms. The van der Waals surface area contributed by atoms with E-state index < -0.39 is 0 Å². The Balaban J connectivity index is 2.37. The van der Waals surface area contributed by atoms with E-state index >= 15 is 0 Å². The number of imidazole rings is 1. The van der Waals surface area contributed by atoms with Gasteiger partial charge in [0.2, 0.25) is 5.28 Å². The monoisotopic (exact) mass is 198 g/mol. The summed E-state index contributed by atoms with van der Waals surface area (Å²) < 4.78 is 2.20. The van der Waals surface area contributed by atoms with Crippen molar-refractivity contribution in [3.63, 3.8) is 0 Å². The van der Waals surface area contributed by atoms with Gasteiger partial charge < -0.3 is 4.57 Å². The third-order valence-electron chi connectivity index (χ3n) is 3.03. The van der Waals surface area contributed by atoms with Gasteiger partial charge in [-0.15, -0.1) is 0 Å². The Morgan fingerprint density at radius 1 is 1.31 bits per heavy atom. The van der Waals surface area contributed by atoms with Gasteiger partial charge >= 0.3 is 0 Å². The quantitative estimate of drug-likeness (QED) is 0.677. The van der Waals surface area contributed by atoms with Gasteiger partial charge in [0.1, 0.15) is 0 Å². The van der Waals surface area contributed by atoms with Gasteiger partial charge in [-0.25, -0.2) is 4.98 Å². The van der Waals surface area contributed by atoms with Crippen molar-refractivity contribution in [2.24, 2.45) is 0 Å². The minimum absolute atomic E-state index is 0.605. The third-order valence-corrected chi connectivity index (χ3v) is 3.30. The van der Waals surface area contributed by atoms with Crippen molar-refractivity contribution in [2.45, 2.75) is 45.6 Å². The molecule has 1 fully saturated rings. The van der Waals surface area contributed by atoms with Crippen molar-refractivity contribution in [2.75, 3.05) is 0 Å². The van der Waals surface area contributed by atoms with Crippen molar-refractivity contribution >= 4 is 11.6 Å². The van der Waals surface area contributed by atoms with E-state index in [1.807, 2.05) is 6.92 Å². The Bertz CT molecular complexity index is 311. The Morgan fingerprint density at radius 2 is 1.92 bits per heavy atom. The fourth-order valence-electron chi connectivity index (χ4n) is 2.17. The highest BCUT2D eigenvalue weighted by atomic mass is 35.5. The molecule has 1 aromatic rings. The minimum Gasteiger partial charge on any atom is -0.316 e. The number of halogens is 1. The van der Waals surface area contributed by atoms with Crippen molar-refractivity contribution in [3.8, 4) is 0 Å². The predicted octanol–water partition coefficient (Wildman–Crippen LogP) is 3.27. The molecule has 0 unspecified atom stereocenters. The fourth-order valence-corrected chi connectivity index (χ4v) is 2.56. The Hall–Kier alpha value is -0.500. The lowest BCUT2D eigenvalue weighted by Gasteiger charge is -2.14. The highest BCUT2D eigenvalue weighted by Gasteiger charge is 2.21. The van der Waals surface area contributed by atoms with Gasteiger partial charge in [0.05, 0.1) is 5.69 Å². The third kappa shape index (κ3) is 1.48. The summed E-state index contributed by atoms with van der Waals surface area (Å²) in [6, 6.07) is 0.605. The lowest BCUT2D eigenvalue weighted by Crippen LogP contribution is -2.06. The number of aryl methyl sites for hydroxylation is 1. The van der Waals surface area contributed by atoms with Crippen LogP contribution in [0.25, 0.3) is 0 Å². The molecule has 13 heavy (non-hydrogen) atoms. The first kappa shape index (κ1) is 9.07. The minimum atomic E-state index is 0.605. The molecule has 1 heterocycles. The van der Waals surface area contributed by atoms with Crippen LogP contribution in [0.5, 0.6) is 0 Å². The largest absolute Gasteiger partial charge is 0.316 e. The molecular formula is C10H15ClN2. The second-order valence-corrected chi connectivity index (χ2v) is 4.20. The van der Waals surface area contributed by atoms with Crippen LogP contribution in [0.4, 0.5) is 0 Å². The van der Waals surface area contributed by atoms with Gasteiger partial charge in [0.15, 0.2) is 0 Å². The highest BCUT2D eigenvalue weighted by molar-refractivity contribution is 6.28. The molecule has 1 aliphatic carbocycles. The summed E-state index contributed by atoms with van der Waals surface area (Å²) in [5, 5.41) is 0.668. The second kappa shape index (κ2) is 3.33. The maximum Gasteiger partial charge on any atom is 0.203 e. The highest BCUT2D eigenvalue weighted by Crippen LogP contribution is 2.33. The number of nitrogens with zero attached hydrogens (tertiary/aromatic N) is 2. The first-order valence-electron chi connectivity index (χ1n) is 4.91. The van der Waals surface area contributed by atoms with E-state index in [-0.39, 0.29) is 0 Å². The summed E-state index contributed by atoms with van der Waals surface area (Å²) in [7, 11) is 0. The number of hydrogen-bond donors (Lipinski definition) is 0. The summed E-state index contributed by atoms with van der Waals surface area (Å²) in [5.41, 5.74) is 2.30. The average molecular weight is 199 g/mol. The smallest absolute Gasteiger partial charge is 0.203 e. The van der Waals surface area contributed by atoms with Crippen molar-refractivity contribution in [3.05, 3.63) is 16.7 Å². The van der Waals surface area contributed by atoms with Gasteiger partial charge in [-0.05, 0) is 38.3 Å². The topological polar surface area (TPSA) is 17.8 Å². The van der Waals surface area contributed by atoms with Gasteiger partial charge in [0, 0.05) is 11.7 Å². The maximum absolute atomic E-state index is 6.08. The molecule has 0 N–H and O–H groups in total. The first-order valence-corrected chi connectivity index (χ1v) is 5.29. The standard InChI is InChI=1S/C10H15ClN2/c1-7-8(2)13(10(11)12-7)9-5-3-4-6-9/h9H,3-6H2,1-2H3. The lowest BCUT2D eigenvalue weighted by atomic mass is 10.2. The average Bonchev–Trinajstić information content (AvgIpc) is 2.63. The fraction of sp³-hybridized carbons (Fsp3) is 0.700. The molecule has 0 amide bonds. The molecule has 72 valence electrons. The summed E-state index contributed by atoms with van der Waals surface area (Å²) in [5.74, 6) is 0. The van der Waals surface area contributed by atoms with E-state index in [1.165, 1.54) is 31.4 Å². The zero-order valence-corrected chi connectivity index (χ0v) is 8.93. The van der Waals surface area contributed by atoms with Crippen LogP contribution >= 0.6 is 11.6 Å². The summed E-state index contributed by atoms with van der Waals surface area (Å²) >= 11 is 6.08. The van der Waals surface area contributed by atoms with Crippen LogP contribution in [0.3, 0.4) is 0 Å². The van der Waals surface area contributed by atoms with Crippen LogP contribution in [0, 0.1) is 13.8 Å². The van der Waals surface area contributed by atoms with Crippen molar-refractivity contribution in [1.29, 1.82) is 0 Å². The van der Waals surface area contributed by atoms with Crippen LogP contribution in [0.15, 0.2) is 0 Å². The Labute approximate surface area is 83.9 Å². The van der Waals surface area contributed by atoms with Crippen LogP contribution < -0.4 is 0 Å². The molecule has 0 atom stereocenters. The summed E-state index contributed by atoms with van der Waals surface area (Å²) in [6.07, 6.45) is 5.18. The molecular weight excluding hydrogens is 184 g/mol. The van der Waals surface area contributed by atoms with Crippen LogP contribution in [0.2, 0.25) is 5.28 Å². The number of hydrogen-bond acceptors (Lipinski definition) is 1. The van der Waals surface area contributed by atoms with Crippen LogP contribution in [0.1, 0.15) is 43.1 Å². The molecule has 0 spiro atoms. The van der Waals surface area contributed by atoms with Crippen LogP contribution in [-0.2, 0) is 0 Å². The molecule has 2 nitrogen and oxygen atoms in total. The van der Waals surface area contributed by atoms with Gasteiger partial charge in [0.25, 0.3) is 0 Å². The molecule has 0 radical (unpaired) electrons. The lowest BCUT2D eigenvalue weighted by molar-refractivity contribution is 0.508. The van der Waals surface area contributed by atoms with Gasteiger partial charge in [-0.1, -0.05) is 12.8 Å². The summed E-state index contributed by atoms with van der Waals surface area (Å²) in [4.78, 5) is 4.28. The van der Waals surface area contributed by atoms with E-state index in [0.717, 1.165) is 5.69 Å². The maximum atomic E-state index is 6.08. The summed E-state index contributed by atoms with van der Waals surface area (Å²) in [6.45, 7) is 4.12. The second-order valence-electron chi connectivity index (χ2n) is 3.86. The van der Waals surface area contributed by atoms with Crippen molar-refractivity contribution < 1.29 is 0 Å². The molecule has 0 bridgehead atoms. The number of aromatic nitrogens is 2. The normalized spacial score (nSPS) is 18.4. The SMILES string of the molecule is Cc1nc(Cl)n(C2CCCC2)c1C. The zero-order valence-electron chi connectivity index (χ0n) is 8.18.